The second-order valence-corrected chi connectivity index (χ2v) is 7.46. The van der Waals surface area contributed by atoms with Crippen LogP contribution in [-0.4, -0.2) is 66.9 Å². The Kier molecular flexibility index (Phi) is 7.24. The molecule has 0 unspecified atom stereocenters. The lowest BCUT2D eigenvalue weighted by molar-refractivity contribution is -0.124. The number of carbonyl (C=O) groups excluding carboxylic acids is 2. The van der Waals surface area contributed by atoms with Crippen LogP contribution in [0.2, 0.25) is 0 Å². The van der Waals surface area contributed by atoms with E-state index in [2.05, 4.69) is 5.32 Å². The minimum Gasteiger partial charge on any atom is -0.377 e. The average molecular weight is 383 g/mol. The summed E-state index contributed by atoms with van der Waals surface area (Å²) in [7, 11) is 0. The summed E-state index contributed by atoms with van der Waals surface area (Å²) in [5.74, 6) is -1.07. The zero-order valence-corrected chi connectivity index (χ0v) is 14.7. The van der Waals surface area contributed by atoms with E-state index in [4.69, 9.17) is 10.5 Å². The highest BCUT2D eigenvalue weighted by Crippen LogP contribution is 2.32. The number of likely N-dealkylation sites (tertiary alicyclic amines) is 1. The van der Waals surface area contributed by atoms with E-state index in [1.54, 1.807) is 4.90 Å². The van der Waals surface area contributed by atoms with Crippen LogP contribution in [0.25, 0.3) is 0 Å². The fourth-order valence-electron chi connectivity index (χ4n) is 3.34. The normalized spacial score (nSPS) is 25.2. The van der Waals surface area contributed by atoms with E-state index >= 15 is 0 Å². The van der Waals surface area contributed by atoms with Gasteiger partial charge in [0.1, 0.15) is 0 Å². The molecule has 6 nitrogen and oxygen atoms in total. The first-order valence-corrected chi connectivity index (χ1v) is 9.51. The van der Waals surface area contributed by atoms with Crippen molar-refractivity contribution in [2.75, 3.05) is 37.7 Å². The smallest absolute Gasteiger partial charge is 0.377 e. The summed E-state index contributed by atoms with van der Waals surface area (Å²) in [5, 5.41) is 2.64. The summed E-state index contributed by atoms with van der Waals surface area (Å²) in [6, 6.07) is -0.259. The highest BCUT2D eigenvalue weighted by molar-refractivity contribution is 7.99. The number of nitrogens with two attached hydrogens (primary N) is 1. The number of nitrogens with one attached hydrogen (secondary N) is 1. The number of rotatable bonds is 6. The van der Waals surface area contributed by atoms with Gasteiger partial charge in [0.15, 0.2) is 0 Å². The molecule has 10 heteroatoms. The molecule has 0 aromatic heterocycles. The van der Waals surface area contributed by atoms with Gasteiger partial charge in [0.05, 0.1) is 17.8 Å². The highest BCUT2D eigenvalue weighted by atomic mass is 32.2. The molecular formula is C15H24F3N3O3S. The Labute approximate surface area is 149 Å². The monoisotopic (exact) mass is 383 g/mol. The number of ether oxygens (including phenoxy) is 1. The van der Waals surface area contributed by atoms with Crippen molar-refractivity contribution in [3.05, 3.63) is 0 Å². The van der Waals surface area contributed by atoms with E-state index < -0.39 is 11.9 Å². The number of carbonyl (C=O) groups is 2. The minimum atomic E-state index is -4.18. The Hall–Kier alpha value is -1.16. The quantitative estimate of drug-likeness (QED) is 0.683. The molecule has 0 spiro atoms. The molecule has 0 saturated carbocycles. The van der Waals surface area contributed by atoms with Crippen molar-refractivity contribution < 1.29 is 27.5 Å². The van der Waals surface area contributed by atoms with Gasteiger partial charge in [0.2, 0.25) is 5.91 Å². The molecule has 0 aromatic carbocycles. The Morgan fingerprint density at radius 3 is 2.52 bits per heavy atom. The molecule has 0 aromatic rings. The number of amides is 3. The summed E-state index contributed by atoms with van der Waals surface area (Å²) in [6.07, 6.45) is -2.24. The Morgan fingerprint density at radius 1 is 1.24 bits per heavy atom. The van der Waals surface area contributed by atoms with E-state index in [1.165, 1.54) is 0 Å². The highest BCUT2D eigenvalue weighted by Gasteiger charge is 2.39. The number of urea groups is 1. The summed E-state index contributed by atoms with van der Waals surface area (Å²) < 4.78 is 41.7. The van der Waals surface area contributed by atoms with Gasteiger partial charge in [-0.05, 0) is 25.2 Å². The summed E-state index contributed by atoms with van der Waals surface area (Å²) in [4.78, 5) is 25.1. The molecule has 144 valence electrons. The van der Waals surface area contributed by atoms with Crippen LogP contribution in [0.1, 0.15) is 19.3 Å². The van der Waals surface area contributed by atoms with Crippen LogP contribution in [0.15, 0.2) is 0 Å². The Bertz CT molecular complexity index is 471. The molecule has 3 amide bonds. The third-order valence-corrected chi connectivity index (χ3v) is 5.61. The molecule has 2 heterocycles. The number of primary amides is 1. The second kappa shape index (κ2) is 8.98. The maximum atomic E-state index is 12.0. The van der Waals surface area contributed by atoms with Crippen LogP contribution >= 0.6 is 11.8 Å². The topological polar surface area (TPSA) is 84.7 Å². The molecule has 2 saturated heterocycles. The maximum Gasteiger partial charge on any atom is 0.397 e. The molecule has 0 bridgehead atoms. The van der Waals surface area contributed by atoms with Crippen LogP contribution in [0.5, 0.6) is 0 Å². The molecule has 0 aliphatic carbocycles. The standard InChI is InChI=1S/C15H24F3N3O3S/c16-15(17,18)9-25-8-4-20-14(23)21-5-1-10(2-6-21)12-11(13(19)22)3-7-24-12/h10-12H,1-9H2,(H2,19,22)(H,20,23)/t11-,12+/m0/s1. The molecule has 2 aliphatic heterocycles. The van der Waals surface area contributed by atoms with Crippen molar-refractivity contribution in [2.24, 2.45) is 17.6 Å². The number of piperidine rings is 1. The molecular weight excluding hydrogens is 359 g/mol. The molecule has 2 rings (SSSR count). The average Bonchev–Trinajstić information content (AvgIpc) is 3.03. The van der Waals surface area contributed by atoms with E-state index in [1.807, 2.05) is 0 Å². The first-order chi connectivity index (χ1) is 11.8. The fraction of sp³-hybridized carbons (Fsp3) is 0.867. The second-order valence-electron chi connectivity index (χ2n) is 6.36. The lowest BCUT2D eigenvalue weighted by atomic mass is 9.84. The van der Waals surface area contributed by atoms with Crippen LogP contribution in [0, 0.1) is 11.8 Å². The van der Waals surface area contributed by atoms with Crippen LogP contribution in [0.4, 0.5) is 18.0 Å². The number of nitrogens with zero attached hydrogens (tertiary/aromatic N) is 1. The number of hydrogen-bond acceptors (Lipinski definition) is 4. The zero-order chi connectivity index (χ0) is 18.4. The Morgan fingerprint density at radius 2 is 1.92 bits per heavy atom. The third-order valence-electron chi connectivity index (χ3n) is 4.58. The van der Waals surface area contributed by atoms with Crippen molar-refractivity contribution >= 4 is 23.7 Å². The number of halogens is 3. The molecule has 2 fully saturated rings. The fourth-order valence-corrected chi connectivity index (χ4v) is 3.96. The Balaban J connectivity index is 1.66. The van der Waals surface area contributed by atoms with E-state index in [9.17, 15) is 22.8 Å². The molecule has 3 N–H and O–H groups in total. The van der Waals surface area contributed by atoms with Gasteiger partial charge in [-0.1, -0.05) is 0 Å². The van der Waals surface area contributed by atoms with Gasteiger partial charge in [-0.25, -0.2) is 4.79 Å². The van der Waals surface area contributed by atoms with E-state index in [-0.39, 0.29) is 42.2 Å². The predicted molar refractivity (Wildman–Crippen MR) is 88.1 cm³/mol. The molecule has 2 atom stereocenters. The van der Waals surface area contributed by atoms with Gasteiger partial charge in [0.25, 0.3) is 0 Å². The SMILES string of the molecule is NC(=O)[C@H]1CCO[C@@H]1C1CCN(C(=O)NCCSCC(F)(F)F)CC1. The summed E-state index contributed by atoms with van der Waals surface area (Å²) >= 11 is 0.750. The van der Waals surface area contributed by atoms with Gasteiger partial charge in [-0.2, -0.15) is 24.9 Å². The third kappa shape index (κ3) is 6.25. The first kappa shape index (κ1) is 20.2. The predicted octanol–water partition coefficient (Wildman–Crippen LogP) is 1.59. The molecule has 0 radical (unpaired) electrons. The van der Waals surface area contributed by atoms with Crippen LogP contribution < -0.4 is 11.1 Å². The van der Waals surface area contributed by atoms with E-state index in [0.717, 1.165) is 24.6 Å². The largest absolute Gasteiger partial charge is 0.397 e. The van der Waals surface area contributed by atoms with Crippen LogP contribution in [0.3, 0.4) is 0 Å². The van der Waals surface area contributed by atoms with Crippen molar-refractivity contribution in [2.45, 2.75) is 31.5 Å². The van der Waals surface area contributed by atoms with Gasteiger partial charge in [0, 0.05) is 32.0 Å². The zero-order valence-electron chi connectivity index (χ0n) is 13.9. The van der Waals surface area contributed by atoms with Crippen LogP contribution in [-0.2, 0) is 9.53 Å². The molecule has 25 heavy (non-hydrogen) atoms. The number of hydrogen-bond donors (Lipinski definition) is 2. The maximum absolute atomic E-state index is 12.0. The number of thioether (sulfide) groups is 1. The van der Waals surface area contributed by atoms with E-state index in [0.29, 0.717) is 26.1 Å². The lowest BCUT2D eigenvalue weighted by Gasteiger charge is -2.35. The molecule has 2 aliphatic rings. The van der Waals surface area contributed by atoms with Crippen molar-refractivity contribution in [3.63, 3.8) is 0 Å². The van der Waals surface area contributed by atoms with Crippen molar-refractivity contribution in [1.82, 2.24) is 10.2 Å². The number of alkyl halides is 3. The van der Waals surface area contributed by atoms with Crippen molar-refractivity contribution in [3.8, 4) is 0 Å². The summed E-state index contributed by atoms with van der Waals surface area (Å²) in [6.45, 7) is 1.82. The van der Waals surface area contributed by atoms with Gasteiger partial charge < -0.3 is 20.7 Å². The minimum absolute atomic E-state index is 0.165. The van der Waals surface area contributed by atoms with Gasteiger partial charge in [-0.15, -0.1) is 0 Å². The summed E-state index contributed by atoms with van der Waals surface area (Å²) in [5.41, 5.74) is 5.41. The lowest BCUT2D eigenvalue weighted by Crippen LogP contribution is -2.47. The van der Waals surface area contributed by atoms with Crippen molar-refractivity contribution in [1.29, 1.82) is 0 Å². The van der Waals surface area contributed by atoms with Gasteiger partial charge >= 0.3 is 12.2 Å². The van der Waals surface area contributed by atoms with Gasteiger partial charge in [-0.3, -0.25) is 4.79 Å². The first-order valence-electron chi connectivity index (χ1n) is 8.36.